The molecule has 1 atom stereocenters. The van der Waals surface area contributed by atoms with Gasteiger partial charge in [-0.25, -0.2) is 4.98 Å². The van der Waals surface area contributed by atoms with Gasteiger partial charge in [-0.1, -0.05) is 53.5 Å². The predicted molar refractivity (Wildman–Crippen MR) is 81.2 cm³/mol. The van der Waals surface area contributed by atoms with Crippen molar-refractivity contribution in [2.75, 3.05) is 0 Å². The summed E-state index contributed by atoms with van der Waals surface area (Å²) in [6.07, 6.45) is 3.50. The molecule has 1 aliphatic rings. The van der Waals surface area contributed by atoms with E-state index in [1.165, 1.54) is 11.1 Å². The fourth-order valence-electron chi connectivity index (χ4n) is 2.62. The van der Waals surface area contributed by atoms with Crippen LogP contribution in [0.3, 0.4) is 0 Å². The second kappa shape index (κ2) is 6.13. The van der Waals surface area contributed by atoms with E-state index in [4.69, 9.17) is 27.9 Å². The number of hydrogen-bond acceptors (Lipinski definition) is 2. The summed E-state index contributed by atoms with van der Waals surface area (Å²) in [5, 5.41) is 0.823. The maximum Gasteiger partial charge on any atom is 0.136 e. The van der Waals surface area contributed by atoms with Crippen LogP contribution in [0.4, 0.5) is 0 Å². The molecule has 1 aromatic heterocycles. The molecule has 2 aromatic rings. The highest BCUT2D eigenvalue weighted by molar-refractivity contribution is 6.32. The van der Waals surface area contributed by atoms with Gasteiger partial charge in [-0.3, -0.25) is 0 Å². The first kappa shape index (κ1) is 13.9. The number of hydrogen-bond donors (Lipinski definition) is 0. The van der Waals surface area contributed by atoms with E-state index in [-0.39, 0.29) is 6.10 Å². The molecule has 0 saturated heterocycles. The van der Waals surface area contributed by atoms with Gasteiger partial charge >= 0.3 is 0 Å². The van der Waals surface area contributed by atoms with E-state index in [1.807, 2.05) is 6.07 Å². The Bertz CT molecular complexity index is 615. The SMILES string of the molecule is Clc1ccc(COC2CCCc3ccccc32)c(Cl)n1. The van der Waals surface area contributed by atoms with Crippen LogP contribution >= 0.6 is 23.2 Å². The second-order valence-corrected chi connectivity index (χ2v) is 5.72. The lowest BCUT2D eigenvalue weighted by Crippen LogP contribution is -2.13. The van der Waals surface area contributed by atoms with Crippen molar-refractivity contribution >= 4 is 23.2 Å². The van der Waals surface area contributed by atoms with Crippen molar-refractivity contribution in [3.8, 4) is 0 Å². The summed E-state index contributed by atoms with van der Waals surface area (Å²) in [6, 6.07) is 12.1. The number of aromatic nitrogens is 1. The number of fused-ring (bicyclic) bond motifs is 1. The van der Waals surface area contributed by atoms with E-state index in [0.717, 1.165) is 24.8 Å². The normalized spacial score (nSPS) is 17.8. The summed E-state index contributed by atoms with van der Waals surface area (Å²) in [6.45, 7) is 0.460. The van der Waals surface area contributed by atoms with Gasteiger partial charge in [-0.15, -0.1) is 0 Å². The quantitative estimate of drug-likeness (QED) is 0.746. The maximum absolute atomic E-state index is 6.07. The molecule has 0 bridgehead atoms. The molecule has 4 heteroatoms. The molecular weight excluding hydrogens is 293 g/mol. The van der Waals surface area contributed by atoms with E-state index >= 15 is 0 Å². The van der Waals surface area contributed by atoms with Crippen molar-refractivity contribution in [1.29, 1.82) is 0 Å². The van der Waals surface area contributed by atoms with Crippen molar-refractivity contribution in [3.05, 3.63) is 63.4 Å². The molecule has 0 fully saturated rings. The monoisotopic (exact) mass is 307 g/mol. The molecule has 0 aliphatic heterocycles. The lowest BCUT2D eigenvalue weighted by molar-refractivity contribution is 0.0282. The van der Waals surface area contributed by atoms with Gasteiger partial charge in [0, 0.05) is 5.56 Å². The van der Waals surface area contributed by atoms with Crippen molar-refractivity contribution in [2.45, 2.75) is 32.0 Å². The zero-order valence-corrected chi connectivity index (χ0v) is 12.5. The fourth-order valence-corrected chi connectivity index (χ4v) is 3.02. The molecule has 0 N–H and O–H groups in total. The average Bonchev–Trinajstić information content (AvgIpc) is 2.46. The molecule has 0 spiro atoms. The highest BCUT2D eigenvalue weighted by Gasteiger charge is 2.20. The van der Waals surface area contributed by atoms with Crippen LogP contribution < -0.4 is 0 Å². The summed E-state index contributed by atoms with van der Waals surface area (Å²) in [7, 11) is 0. The minimum Gasteiger partial charge on any atom is -0.369 e. The van der Waals surface area contributed by atoms with Crippen LogP contribution in [0.5, 0.6) is 0 Å². The third-order valence-corrected chi connectivity index (χ3v) is 4.18. The van der Waals surface area contributed by atoms with E-state index in [1.54, 1.807) is 6.07 Å². The first-order chi connectivity index (χ1) is 9.74. The Labute approximate surface area is 128 Å². The third-order valence-electron chi connectivity index (χ3n) is 3.65. The van der Waals surface area contributed by atoms with Crippen LogP contribution in [0, 0.1) is 0 Å². The minimum atomic E-state index is 0.145. The van der Waals surface area contributed by atoms with Crippen LogP contribution in [0.15, 0.2) is 36.4 Å². The van der Waals surface area contributed by atoms with E-state index < -0.39 is 0 Å². The Balaban J connectivity index is 1.73. The predicted octanol–water partition coefficient (Wildman–Crippen LogP) is 4.98. The van der Waals surface area contributed by atoms with Gasteiger partial charge in [0.25, 0.3) is 0 Å². The van der Waals surface area contributed by atoms with Gasteiger partial charge in [-0.05, 0) is 36.5 Å². The number of benzene rings is 1. The third kappa shape index (κ3) is 2.98. The smallest absolute Gasteiger partial charge is 0.136 e. The minimum absolute atomic E-state index is 0.145. The Hall–Kier alpha value is -1.09. The molecule has 2 nitrogen and oxygen atoms in total. The van der Waals surface area contributed by atoms with Crippen LogP contribution in [-0.2, 0) is 17.8 Å². The van der Waals surface area contributed by atoms with Crippen LogP contribution in [-0.4, -0.2) is 4.98 Å². The van der Waals surface area contributed by atoms with Gasteiger partial charge < -0.3 is 4.74 Å². The summed E-state index contributed by atoms with van der Waals surface area (Å²) in [5.74, 6) is 0. The van der Waals surface area contributed by atoms with Crippen molar-refractivity contribution in [2.24, 2.45) is 0 Å². The summed E-state index contributed by atoms with van der Waals surface area (Å²) in [4.78, 5) is 4.03. The fraction of sp³-hybridized carbons (Fsp3) is 0.312. The average molecular weight is 308 g/mol. The molecule has 0 saturated carbocycles. The van der Waals surface area contributed by atoms with Gasteiger partial charge in [-0.2, -0.15) is 0 Å². The van der Waals surface area contributed by atoms with Gasteiger partial charge in [0.2, 0.25) is 0 Å². The van der Waals surface area contributed by atoms with Crippen LogP contribution in [0.25, 0.3) is 0 Å². The largest absolute Gasteiger partial charge is 0.369 e. The van der Waals surface area contributed by atoms with E-state index in [9.17, 15) is 0 Å². The topological polar surface area (TPSA) is 22.1 Å². The number of halogens is 2. The summed E-state index contributed by atoms with van der Waals surface area (Å²) < 4.78 is 6.05. The van der Waals surface area contributed by atoms with Crippen LogP contribution in [0.1, 0.15) is 35.6 Å². The second-order valence-electron chi connectivity index (χ2n) is 4.97. The molecular formula is C16H15Cl2NO. The standard InChI is InChI=1S/C16H15Cl2NO/c17-15-9-8-12(16(18)19-15)10-20-14-7-3-5-11-4-1-2-6-13(11)14/h1-2,4,6,8-9,14H,3,5,7,10H2. The number of nitrogens with zero attached hydrogens (tertiary/aromatic N) is 1. The summed E-state index contributed by atoms with van der Waals surface area (Å²) >= 11 is 11.9. The Kier molecular flexibility index (Phi) is 4.25. The van der Waals surface area contributed by atoms with Crippen molar-refractivity contribution < 1.29 is 4.74 Å². The molecule has 1 aromatic carbocycles. The first-order valence-electron chi connectivity index (χ1n) is 6.74. The number of pyridine rings is 1. The number of aryl methyl sites for hydroxylation is 1. The Morgan fingerprint density at radius 2 is 2.00 bits per heavy atom. The number of ether oxygens (including phenoxy) is 1. The molecule has 3 rings (SSSR count). The molecule has 0 amide bonds. The zero-order valence-electron chi connectivity index (χ0n) is 11.0. The van der Waals surface area contributed by atoms with Gasteiger partial charge in [0.05, 0.1) is 12.7 Å². The molecule has 1 heterocycles. The lowest BCUT2D eigenvalue weighted by Gasteiger charge is -2.25. The van der Waals surface area contributed by atoms with E-state index in [2.05, 4.69) is 29.2 Å². The van der Waals surface area contributed by atoms with Gasteiger partial charge in [0.15, 0.2) is 0 Å². The maximum atomic E-state index is 6.07. The molecule has 1 unspecified atom stereocenters. The number of rotatable bonds is 3. The first-order valence-corrected chi connectivity index (χ1v) is 7.50. The Morgan fingerprint density at radius 3 is 2.85 bits per heavy atom. The lowest BCUT2D eigenvalue weighted by atomic mass is 9.89. The zero-order chi connectivity index (χ0) is 13.9. The van der Waals surface area contributed by atoms with E-state index in [0.29, 0.717) is 16.9 Å². The Morgan fingerprint density at radius 1 is 1.15 bits per heavy atom. The van der Waals surface area contributed by atoms with Gasteiger partial charge in [0.1, 0.15) is 10.3 Å². The summed E-state index contributed by atoms with van der Waals surface area (Å²) in [5.41, 5.74) is 3.57. The van der Waals surface area contributed by atoms with Crippen molar-refractivity contribution in [1.82, 2.24) is 4.98 Å². The highest BCUT2D eigenvalue weighted by Crippen LogP contribution is 2.33. The van der Waals surface area contributed by atoms with Crippen LogP contribution in [0.2, 0.25) is 10.3 Å². The van der Waals surface area contributed by atoms with Crippen molar-refractivity contribution in [3.63, 3.8) is 0 Å². The molecule has 1 aliphatic carbocycles. The molecule has 0 radical (unpaired) electrons. The molecule has 20 heavy (non-hydrogen) atoms. The molecule has 104 valence electrons. The highest BCUT2D eigenvalue weighted by atomic mass is 35.5.